The molecule has 2 nitrogen and oxygen atoms in total. The largest absolute Gasteiger partial charge is 0.394 e. The Labute approximate surface area is 137 Å². The average Bonchev–Trinajstić information content (AvgIpc) is 2.61. The van der Waals surface area contributed by atoms with Crippen LogP contribution in [0.5, 0.6) is 0 Å². The maximum absolute atomic E-state index is 13.9. The van der Waals surface area contributed by atoms with Crippen LogP contribution in [0.3, 0.4) is 0 Å². The molecule has 0 radical (unpaired) electrons. The number of rotatable bonds is 5. The maximum Gasteiger partial charge on any atom is 0.371 e. The quantitative estimate of drug-likeness (QED) is 0.346. The zero-order valence-electron chi connectivity index (χ0n) is 13.2. The molecule has 0 saturated carbocycles. The monoisotopic (exact) mass is 362 g/mol. The fourth-order valence-electron chi connectivity index (χ4n) is 2.56. The van der Waals surface area contributed by atoms with E-state index in [9.17, 15) is 22.0 Å². The summed E-state index contributed by atoms with van der Waals surface area (Å²) in [5.41, 5.74) is -1.09. The first kappa shape index (κ1) is 18.6. The molecule has 24 heavy (non-hydrogen) atoms. The molecule has 0 fully saturated rings. The lowest BCUT2D eigenvalue weighted by atomic mass is 10.0. The zero-order chi connectivity index (χ0) is 18.1. The molecule has 2 rings (SSSR count). The van der Waals surface area contributed by atoms with E-state index in [1.165, 1.54) is 38.5 Å². The van der Waals surface area contributed by atoms with Crippen LogP contribution < -0.4 is 5.19 Å². The van der Waals surface area contributed by atoms with Gasteiger partial charge in [0.1, 0.15) is 0 Å². The minimum Gasteiger partial charge on any atom is -0.394 e. The minimum atomic E-state index is -2.67. The molecule has 0 amide bonds. The molecular formula is C16H15F5O2Si. The molecule has 2 aromatic carbocycles. The Balaban J connectivity index is 2.58. The second-order valence-electron chi connectivity index (χ2n) is 5.04. The van der Waals surface area contributed by atoms with Crippen LogP contribution in [0.1, 0.15) is 6.92 Å². The first-order chi connectivity index (χ1) is 11.3. The van der Waals surface area contributed by atoms with E-state index in [0.717, 1.165) is 0 Å². The Morgan fingerprint density at radius 1 is 0.750 bits per heavy atom. The molecule has 8 heteroatoms. The predicted molar refractivity (Wildman–Crippen MR) is 81.6 cm³/mol. The second-order valence-corrected chi connectivity index (χ2v) is 8.64. The van der Waals surface area contributed by atoms with Crippen molar-refractivity contribution >= 4 is 13.7 Å². The number of benzene rings is 2. The minimum absolute atomic E-state index is 0.127. The molecule has 0 bridgehead atoms. The van der Waals surface area contributed by atoms with Crippen molar-refractivity contribution < 1.29 is 30.8 Å². The van der Waals surface area contributed by atoms with Gasteiger partial charge in [-0.15, -0.1) is 0 Å². The lowest BCUT2D eigenvalue weighted by Gasteiger charge is -2.26. The fraction of sp³-hybridized carbons (Fsp3) is 0.250. The smallest absolute Gasteiger partial charge is 0.371 e. The summed E-state index contributed by atoms with van der Waals surface area (Å²) in [6.45, 7) is 1.87. The second kappa shape index (κ2) is 7.00. The average molecular weight is 362 g/mol. The highest BCUT2D eigenvalue weighted by Crippen LogP contribution is 2.31. The zero-order valence-corrected chi connectivity index (χ0v) is 14.2. The van der Waals surface area contributed by atoms with Gasteiger partial charge in [0.15, 0.2) is 23.3 Å². The predicted octanol–water partition coefficient (Wildman–Crippen LogP) is 4.01. The maximum atomic E-state index is 13.9. The van der Waals surface area contributed by atoms with Crippen molar-refractivity contribution in [3.8, 4) is 11.1 Å². The Kier molecular flexibility index (Phi) is 5.41. The molecule has 2 aromatic rings. The van der Waals surface area contributed by atoms with Gasteiger partial charge in [0.25, 0.3) is 0 Å². The van der Waals surface area contributed by atoms with Gasteiger partial charge in [-0.3, -0.25) is 0 Å². The molecule has 0 aliphatic rings. The molecular weight excluding hydrogens is 347 g/mol. The molecule has 130 valence electrons. The third kappa shape index (κ3) is 2.85. The van der Waals surface area contributed by atoms with Crippen molar-refractivity contribution in [1.29, 1.82) is 0 Å². The van der Waals surface area contributed by atoms with Crippen LogP contribution in [0.25, 0.3) is 11.1 Å². The van der Waals surface area contributed by atoms with Crippen LogP contribution in [-0.4, -0.2) is 22.8 Å². The molecule has 0 aromatic heterocycles. The summed E-state index contributed by atoms with van der Waals surface area (Å²) < 4.78 is 78.4. The molecule has 0 unspecified atom stereocenters. The van der Waals surface area contributed by atoms with Gasteiger partial charge in [-0.1, -0.05) is 31.2 Å². The highest BCUT2D eigenvalue weighted by atomic mass is 28.4. The van der Waals surface area contributed by atoms with Crippen LogP contribution in [-0.2, 0) is 8.85 Å². The number of hydrogen-bond acceptors (Lipinski definition) is 2. The topological polar surface area (TPSA) is 18.5 Å². The first-order valence-corrected chi connectivity index (χ1v) is 9.08. The highest BCUT2D eigenvalue weighted by Gasteiger charge is 2.36. The van der Waals surface area contributed by atoms with Gasteiger partial charge < -0.3 is 8.85 Å². The van der Waals surface area contributed by atoms with Crippen molar-refractivity contribution in [3.05, 3.63) is 53.4 Å². The Hall–Kier alpha value is -1.77. The van der Waals surface area contributed by atoms with E-state index in [2.05, 4.69) is 0 Å². The molecule has 0 atom stereocenters. The van der Waals surface area contributed by atoms with Crippen molar-refractivity contribution in [2.24, 2.45) is 0 Å². The Morgan fingerprint density at radius 3 is 1.54 bits per heavy atom. The van der Waals surface area contributed by atoms with E-state index in [0.29, 0.717) is 11.2 Å². The summed E-state index contributed by atoms with van der Waals surface area (Å²) in [5, 5.41) is 0.683. The van der Waals surface area contributed by atoms with Crippen LogP contribution in [0.15, 0.2) is 24.3 Å². The fourth-order valence-corrected chi connectivity index (χ4v) is 4.86. The van der Waals surface area contributed by atoms with Gasteiger partial charge in [-0.05, 0) is 16.8 Å². The van der Waals surface area contributed by atoms with Crippen molar-refractivity contribution in [3.63, 3.8) is 0 Å². The lowest BCUT2D eigenvalue weighted by molar-refractivity contribution is 0.259. The molecule has 0 heterocycles. The van der Waals surface area contributed by atoms with Crippen molar-refractivity contribution in [1.82, 2.24) is 0 Å². The SMILES string of the molecule is CC[Si](OC)(OC)c1ccc(-c2c(F)c(F)c(F)c(F)c2F)cc1. The van der Waals surface area contributed by atoms with Crippen LogP contribution in [0.2, 0.25) is 6.04 Å². The summed E-state index contributed by atoms with van der Waals surface area (Å²) in [6.07, 6.45) is 0. The summed E-state index contributed by atoms with van der Waals surface area (Å²) >= 11 is 0. The van der Waals surface area contributed by atoms with Gasteiger partial charge in [0, 0.05) is 14.2 Å². The van der Waals surface area contributed by atoms with E-state index >= 15 is 0 Å². The van der Waals surface area contributed by atoms with Crippen molar-refractivity contribution in [2.45, 2.75) is 13.0 Å². The van der Waals surface area contributed by atoms with Gasteiger partial charge in [0.2, 0.25) is 5.82 Å². The number of hydrogen-bond donors (Lipinski definition) is 0. The highest BCUT2D eigenvalue weighted by molar-refractivity contribution is 6.81. The molecule has 0 aliphatic carbocycles. The summed E-state index contributed by atoms with van der Waals surface area (Å²) in [7, 11) is 0.323. The standard InChI is InChI=1S/C16H15F5O2Si/c1-4-24(22-2,23-3)10-7-5-9(6-8-10)11-12(17)14(19)16(21)15(20)13(11)18/h5-8H,4H2,1-3H3. The van der Waals surface area contributed by atoms with Gasteiger partial charge >= 0.3 is 8.56 Å². The summed E-state index contributed by atoms with van der Waals surface area (Å²) in [5.74, 6) is -9.85. The van der Waals surface area contributed by atoms with E-state index in [1.54, 1.807) is 0 Å². The molecule has 0 spiro atoms. The van der Waals surface area contributed by atoms with Gasteiger partial charge in [-0.25, -0.2) is 22.0 Å². The summed E-state index contributed by atoms with van der Waals surface area (Å²) in [6, 6.07) is 6.17. The first-order valence-electron chi connectivity index (χ1n) is 7.05. The molecule has 0 aliphatic heterocycles. The van der Waals surface area contributed by atoms with E-state index in [-0.39, 0.29) is 5.56 Å². The summed E-state index contributed by atoms with van der Waals surface area (Å²) in [4.78, 5) is 0. The lowest BCUT2D eigenvalue weighted by Crippen LogP contribution is -2.51. The van der Waals surface area contributed by atoms with Crippen LogP contribution in [0.4, 0.5) is 22.0 Å². The normalized spacial score (nSPS) is 11.8. The third-order valence-corrected chi connectivity index (χ3v) is 7.41. The number of halogens is 5. The van der Waals surface area contributed by atoms with E-state index in [1.807, 2.05) is 6.92 Å². The van der Waals surface area contributed by atoms with E-state index in [4.69, 9.17) is 8.85 Å². The van der Waals surface area contributed by atoms with Gasteiger partial charge in [-0.2, -0.15) is 0 Å². The van der Waals surface area contributed by atoms with Crippen LogP contribution in [0, 0.1) is 29.1 Å². The van der Waals surface area contributed by atoms with Crippen molar-refractivity contribution in [2.75, 3.05) is 14.2 Å². The third-order valence-electron chi connectivity index (χ3n) is 3.95. The van der Waals surface area contributed by atoms with Crippen LogP contribution >= 0.6 is 0 Å². The Bertz CT molecular complexity index is 708. The Morgan fingerprint density at radius 2 is 1.17 bits per heavy atom. The molecule has 0 saturated heterocycles. The molecule has 0 N–H and O–H groups in total. The van der Waals surface area contributed by atoms with Gasteiger partial charge in [0.05, 0.1) is 5.56 Å². The van der Waals surface area contributed by atoms with E-state index < -0.39 is 43.2 Å².